The van der Waals surface area contributed by atoms with E-state index < -0.39 is 5.60 Å². The van der Waals surface area contributed by atoms with Crippen molar-refractivity contribution in [3.05, 3.63) is 89.5 Å². The summed E-state index contributed by atoms with van der Waals surface area (Å²) in [7, 11) is 0. The second-order valence-electron chi connectivity index (χ2n) is 10.8. The Kier molecular flexibility index (Phi) is 8.21. The first-order valence-corrected chi connectivity index (χ1v) is 12.9. The summed E-state index contributed by atoms with van der Waals surface area (Å²) in [4.78, 5) is 43.9. The van der Waals surface area contributed by atoms with Gasteiger partial charge in [0, 0.05) is 31.4 Å². The Hall–Kier alpha value is -3.74. The molecule has 7 heteroatoms. The van der Waals surface area contributed by atoms with Crippen LogP contribution in [0.4, 0.5) is 4.79 Å². The summed E-state index contributed by atoms with van der Waals surface area (Å²) in [5.41, 5.74) is 2.55. The van der Waals surface area contributed by atoms with Gasteiger partial charge in [-0.3, -0.25) is 9.59 Å². The number of carbonyl (C=O) groups excluding carboxylic acids is 3. The fraction of sp³-hybridized carbons (Fsp3) is 0.400. The highest BCUT2D eigenvalue weighted by Gasteiger charge is 2.27. The lowest BCUT2D eigenvalue weighted by molar-refractivity contribution is 0.0178. The van der Waals surface area contributed by atoms with Crippen LogP contribution in [0.5, 0.6) is 0 Å². The highest BCUT2D eigenvalue weighted by Crippen LogP contribution is 2.22. The molecule has 1 aromatic heterocycles. The Morgan fingerprint density at radius 3 is 2.35 bits per heavy atom. The third kappa shape index (κ3) is 7.62. The number of ether oxygens (including phenoxy) is 1. The van der Waals surface area contributed by atoms with Crippen molar-refractivity contribution < 1.29 is 19.1 Å². The van der Waals surface area contributed by atoms with Gasteiger partial charge >= 0.3 is 6.09 Å². The molecule has 0 unspecified atom stereocenters. The average Bonchev–Trinajstić information content (AvgIpc) is 3.33. The summed E-state index contributed by atoms with van der Waals surface area (Å²) in [6.45, 7) is 7.62. The lowest BCUT2D eigenvalue weighted by Crippen LogP contribution is -2.42. The lowest BCUT2D eigenvalue weighted by atomic mass is 9.97. The van der Waals surface area contributed by atoms with Gasteiger partial charge in [-0.2, -0.15) is 0 Å². The summed E-state index contributed by atoms with van der Waals surface area (Å²) in [6.07, 6.45) is 5.35. The van der Waals surface area contributed by atoms with Crippen LogP contribution >= 0.6 is 0 Å². The van der Waals surface area contributed by atoms with E-state index in [1.807, 2.05) is 61.7 Å². The van der Waals surface area contributed by atoms with E-state index in [1.165, 1.54) is 5.56 Å². The molecule has 7 nitrogen and oxygen atoms in total. The largest absolute Gasteiger partial charge is 0.444 e. The van der Waals surface area contributed by atoms with Crippen molar-refractivity contribution in [3.63, 3.8) is 0 Å². The first-order valence-electron chi connectivity index (χ1n) is 12.9. The standard InChI is InChI=1S/C30H35N3O4/c1-30(2,3)37-29(36)33-14-12-23(13-15-33)19-32-20-26(31-21-32)28(35)18-27(34)25-11-7-10-24(17-25)16-22-8-5-4-6-9-22/h4-11,17,20-21,23H,12-16,18-19H2,1-3H3. The van der Waals surface area contributed by atoms with Crippen molar-refractivity contribution in [2.75, 3.05) is 13.1 Å². The molecule has 0 bridgehead atoms. The van der Waals surface area contributed by atoms with Gasteiger partial charge in [0.05, 0.1) is 12.7 Å². The third-order valence-electron chi connectivity index (χ3n) is 6.48. The number of amides is 1. The van der Waals surface area contributed by atoms with Crippen molar-refractivity contribution in [1.29, 1.82) is 0 Å². The summed E-state index contributed by atoms with van der Waals surface area (Å²) in [5.74, 6) is -0.106. The quantitative estimate of drug-likeness (QED) is 0.297. The van der Waals surface area contributed by atoms with Crippen molar-refractivity contribution in [2.45, 2.75) is 58.6 Å². The molecule has 37 heavy (non-hydrogen) atoms. The van der Waals surface area contributed by atoms with E-state index in [0.717, 1.165) is 31.4 Å². The minimum absolute atomic E-state index is 0.205. The van der Waals surface area contributed by atoms with E-state index in [0.29, 0.717) is 30.3 Å². The Balaban J connectivity index is 1.28. The Bertz CT molecular complexity index is 1230. The van der Waals surface area contributed by atoms with E-state index >= 15 is 0 Å². The predicted octanol–water partition coefficient (Wildman–Crippen LogP) is 5.58. The van der Waals surface area contributed by atoms with E-state index in [2.05, 4.69) is 17.1 Å². The van der Waals surface area contributed by atoms with Crippen molar-refractivity contribution in [1.82, 2.24) is 14.5 Å². The van der Waals surface area contributed by atoms with Gasteiger partial charge in [0.15, 0.2) is 11.6 Å². The van der Waals surface area contributed by atoms with Gasteiger partial charge in [0.2, 0.25) is 0 Å². The SMILES string of the molecule is CC(C)(C)OC(=O)N1CCC(Cn2cnc(C(=O)CC(=O)c3cccc(Cc4ccccc4)c3)c2)CC1. The zero-order valence-corrected chi connectivity index (χ0v) is 21.9. The van der Waals surface area contributed by atoms with Crippen LogP contribution in [0.2, 0.25) is 0 Å². The van der Waals surface area contributed by atoms with Gasteiger partial charge in [0.1, 0.15) is 11.3 Å². The number of rotatable bonds is 8. The molecule has 1 aliphatic rings. The molecule has 1 amide bonds. The molecule has 3 aromatic rings. The zero-order valence-electron chi connectivity index (χ0n) is 21.9. The summed E-state index contributed by atoms with van der Waals surface area (Å²) >= 11 is 0. The van der Waals surface area contributed by atoms with Gasteiger partial charge in [-0.05, 0) is 63.1 Å². The molecule has 194 valence electrons. The molecule has 2 heterocycles. The summed E-state index contributed by atoms with van der Waals surface area (Å²) < 4.78 is 7.37. The molecule has 1 fully saturated rings. The normalized spacial score (nSPS) is 14.4. The molecule has 0 N–H and O–H groups in total. The monoisotopic (exact) mass is 501 g/mol. The van der Waals surface area contributed by atoms with E-state index in [-0.39, 0.29) is 24.1 Å². The maximum atomic E-state index is 12.8. The Morgan fingerprint density at radius 1 is 0.946 bits per heavy atom. The highest BCUT2D eigenvalue weighted by atomic mass is 16.6. The molecule has 0 atom stereocenters. The number of benzene rings is 2. The molecule has 2 aromatic carbocycles. The highest BCUT2D eigenvalue weighted by molar-refractivity contribution is 6.12. The fourth-order valence-corrected chi connectivity index (χ4v) is 4.55. The second kappa shape index (κ2) is 11.5. The van der Waals surface area contributed by atoms with Crippen LogP contribution in [-0.2, 0) is 17.7 Å². The molecular weight excluding hydrogens is 466 g/mol. The number of aromatic nitrogens is 2. The van der Waals surface area contributed by atoms with Crippen LogP contribution in [0.15, 0.2) is 67.1 Å². The predicted molar refractivity (Wildman–Crippen MR) is 142 cm³/mol. The number of likely N-dealkylation sites (tertiary alicyclic amines) is 1. The maximum absolute atomic E-state index is 12.8. The molecular formula is C30H35N3O4. The molecule has 0 spiro atoms. The molecule has 0 radical (unpaired) electrons. The van der Waals surface area contributed by atoms with Gasteiger partial charge in [-0.15, -0.1) is 0 Å². The van der Waals surface area contributed by atoms with Crippen LogP contribution in [-0.4, -0.2) is 50.8 Å². The van der Waals surface area contributed by atoms with Crippen molar-refractivity contribution in [2.24, 2.45) is 5.92 Å². The minimum Gasteiger partial charge on any atom is -0.444 e. The van der Waals surface area contributed by atoms with Crippen LogP contribution in [0.3, 0.4) is 0 Å². The smallest absolute Gasteiger partial charge is 0.410 e. The van der Waals surface area contributed by atoms with Crippen LogP contribution in [0.25, 0.3) is 0 Å². The van der Waals surface area contributed by atoms with Crippen LogP contribution in [0.1, 0.15) is 72.0 Å². The zero-order chi connectivity index (χ0) is 26.4. The van der Waals surface area contributed by atoms with Gasteiger partial charge in [-0.25, -0.2) is 9.78 Å². The second-order valence-corrected chi connectivity index (χ2v) is 10.8. The van der Waals surface area contributed by atoms with Gasteiger partial charge < -0.3 is 14.2 Å². The van der Waals surface area contributed by atoms with E-state index in [9.17, 15) is 14.4 Å². The Labute approximate surface area is 218 Å². The van der Waals surface area contributed by atoms with Gasteiger partial charge in [-0.1, -0.05) is 48.5 Å². The number of imidazole rings is 1. The average molecular weight is 502 g/mol. The van der Waals surface area contributed by atoms with Crippen LogP contribution < -0.4 is 0 Å². The maximum Gasteiger partial charge on any atom is 0.410 e. The first-order chi connectivity index (χ1) is 17.7. The molecule has 1 saturated heterocycles. The third-order valence-corrected chi connectivity index (χ3v) is 6.48. The number of Topliss-reactive ketones (excluding diaryl/α,β-unsaturated/α-hetero) is 2. The van der Waals surface area contributed by atoms with E-state index in [1.54, 1.807) is 23.5 Å². The number of carbonyl (C=O) groups is 3. The number of ketones is 2. The molecule has 0 aliphatic carbocycles. The number of piperidine rings is 1. The van der Waals surface area contributed by atoms with Gasteiger partial charge in [0.25, 0.3) is 0 Å². The van der Waals surface area contributed by atoms with Crippen molar-refractivity contribution >= 4 is 17.7 Å². The number of hydrogen-bond donors (Lipinski definition) is 0. The molecule has 1 aliphatic heterocycles. The number of nitrogens with zero attached hydrogens (tertiary/aromatic N) is 3. The fourth-order valence-electron chi connectivity index (χ4n) is 4.55. The summed E-state index contributed by atoms with van der Waals surface area (Å²) in [5, 5.41) is 0. The topological polar surface area (TPSA) is 81.5 Å². The van der Waals surface area contributed by atoms with Crippen molar-refractivity contribution in [3.8, 4) is 0 Å². The molecule has 0 saturated carbocycles. The van der Waals surface area contributed by atoms with E-state index in [4.69, 9.17) is 4.74 Å². The molecule has 4 rings (SSSR count). The lowest BCUT2D eigenvalue weighted by Gasteiger charge is -2.33. The minimum atomic E-state index is -0.500. The van der Waals surface area contributed by atoms with Crippen LogP contribution in [0, 0.1) is 5.92 Å². The Morgan fingerprint density at radius 2 is 1.65 bits per heavy atom. The first kappa shape index (κ1) is 26.3. The summed E-state index contributed by atoms with van der Waals surface area (Å²) in [6, 6.07) is 17.6. The number of hydrogen-bond acceptors (Lipinski definition) is 5.